The van der Waals surface area contributed by atoms with Crippen LogP contribution in [-0.4, -0.2) is 22.1 Å². The van der Waals surface area contributed by atoms with Crippen LogP contribution >= 0.6 is 11.6 Å². The number of benzene rings is 1. The normalized spacial score (nSPS) is 10.6. The van der Waals surface area contributed by atoms with E-state index in [-0.39, 0.29) is 17.2 Å². The molecule has 2 aromatic heterocycles. The molecule has 0 aliphatic carbocycles. The number of halogens is 1. The maximum atomic E-state index is 12.0. The van der Waals surface area contributed by atoms with Crippen LogP contribution in [0.5, 0.6) is 0 Å². The van der Waals surface area contributed by atoms with Gasteiger partial charge in [-0.15, -0.1) is 0 Å². The number of hydrogen-bond donors (Lipinski definition) is 0. The molecule has 0 bridgehead atoms. The summed E-state index contributed by atoms with van der Waals surface area (Å²) in [7, 11) is 0. The number of rotatable bonds is 5. The number of aromatic nitrogens is 2. The Bertz CT molecular complexity index is 958. The molecule has 0 fully saturated rings. The third-order valence-electron chi connectivity index (χ3n) is 3.92. The Morgan fingerprint density at radius 2 is 2.12 bits per heavy atom. The molecule has 0 radical (unpaired) electrons. The molecule has 2 heterocycles. The number of pyridine rings is 1. The van der Waals surface area contributed by atoms with Gasteiger partial charge in [0.1, 0.15) is 11.7 Å². The third kappa shape index (κ3) is 3.35. The van der Waals surface area contributed by atoms with Crippen molar-refractivity contribution in [3.63, 3.8) is 0 Å². The van der Waals surface area contributed by atoms with Gasteiger partial charge in [0.05, 0.1) is 28.1 Å². The summed E-state index contributed by atoms with van der Waals surface area (Å²) >= 11 is 6.38. The van der Waals surface area contributed by atoms with Crippen LogP contribution in [0.25, 0.3) is 11.0 Å². The minimum Gasteiger partial charge on any atom is -0.462 e. The summed E-state index contributed by atoms with van der Waals surface area (Å²) in [6, 6.07) is 12.2. The molecular weight excluding hydrogens is 338 g/mol. The molecular formula is C19H16ClN3O2. The fourth-order valence-electron chi connectivity index (χ4n) is 2.72. The van der Waals surface area contributed by atoms with E-state index >= 15 is 0 Å². The highest BCUT2D eigenvalue weighted by Gasteiger charge is 2.20. The summed E-state index contributed by atoms with van der Waals surface area (Å²) in [5.74, 6) is -0.539. The second-order valence-electron chi connectivity index (χ2n) is 5.49. The van der Waals surface area contributed by atoms with E-state index < -0.39 is 5.97 Å². The van der Waals surface area contributed by atoms with Crippen LogP contribution in [0.1, 0.15) is 28.4 Å². The topological polar surface area (TPSA) is 67.9 Å². The Balaban J connectivity index is 2.00. The minimum absolute atomic E-state index is 0.174. The number of carbonyl (C=O) groups excluding carboxylic acids is 1. The molecule has 0 N–H and O–H groups in total. The zero-order chi connectivity index (χ0) is 17.8. The first-order chi connectivity index (χ1) is 12.2. The first-order valence-electron chi connectivity index (χ1n) is 7.94. The average molecular weight is 354 g/mol. The smallest absolute Gasteiger partial charge is 0.341 e. The Labute approximate surface area is 150 Å². The Morgan fingerprint density at radius 3 is 2.80 bits per heavy atom. The van der Waals surface area contributed by atoms with E-state index in [0.29, 0.717) is 23.1 Å². The molecule has 126 valence electrons. The first kappa shape index (κ1) is 17.0. The second kappa shape index (κ2) is 7.37. The van der Waals surface area contributed by atoms with Crippen molar-refractivity contribution in [3.8, 4) is 6.07 Å². The summed E-state index contributed by atoms with van der Waals surface area (Å²) in [6.45, 7) is 2.62. The largest absolute Gasteiger partial charge is 0.462 e. The van der Waals surface area contributed by atoms with Crippen molar-refractivity contribution in [1.82, 2.24) is 9.55 Å². The highest BCUT2D eigenvalue weighted by molar-refractivity contribution is 6.38. The van der Waals surface area contributed by atoms with Gasteiger partial charge in [-0.05, 0) is 18.9 Å². The summed E-state index contributed by atoms with van der Waals surface area (Å²) in [5, 5.41) is 10.1. The van der Waals surface area contributed by atoms with E-state index in [1.807, 2.05) is 22.8 Å². The maximum absolute atomic E-state index is 12.0. The zero-order valence-corrected chi connectivity index (χ0v) is 14.5. The fraction of sp³-hybridized carbons (Fsp3) is 0.211. The summed E-state index contributed by atoms with van der Waals surface area (Å²) in [5.41, 5.74) is 2.35. The lowest BCUT2D eigenvalue weighted by Gasteiger charge is -2.07. The van der Waals surface area contributed by atoms with Crippen LogP contribution in [0.2, 0.25) is 5.02 Å². The van der Waals surface area contributed by atoms with Gasteiger partial charge in [0.2, 0.25) is 0 Å². The number of nitrogens with zero attached hydrogens (tertiary/aromatic N) is 3. The average Bonchev–Trinajstić information content (AvgIpc) is 3.00. The van der Waals surface area contributed by atoms with Crippen LogP contribution < -0.4 is 0 Å². The van der Waals surface area contributed by atoms with Gasteiger partial charge in [0.25, 0.3) is 0 Å². The van der Waals surface area contributed by atoms with E-state index in [1.54, 1.807) is 13.1 Å². The predicted molar refractivity (Wildman–Crippen MR) is 95.6 cm³/mol. The molecule has 0 unspecified atom stereocenters. The molecule has 3 aromatic rings. The highest BCUT2D eigenvalue weighted by Crippen LogP contribution is 2.30. The zero-order valence-electron chi connectivity index (χ0n) is 13.7. The number of hydrogen-bond acceptors (Lipinski definition) is 4. The van der Waals surface area contributed by atoms with E-state index in [4.69, 9.17) is 16.3 Å². The molecule has 3 rings (SSSR count). The van der Waals surface area contributed by atoms with Crippen molar-refractivity contribution in [2.75, 3.05) is 6.61 Å². The number of fused-ring (bicyclic) bond motifs is 1. The Kier molecular flexibility index (Phi) is 5.01. The maximum Gasteiger partial charge on any atom is 0.341 e. The van der Waals surface area contributed by atoms with Crippen LogP contribution in [-0.2, 0) is 17.7 Å². The lowest BCUT2D eigenvalue weighted by atomic mass is 10.1. The third-order valence-corrected chi connectivity index (χ3v) is 4.31. The van der Waals surface area contributed by atoms with Crippen LogP contribution in [0.15, 0.2) is 42.7 Å². The molecule has 0 amide bonds. The van der Waals surface area contributed by atoms with Gasteiger partial charge in [-0.25, -0.2) is 9.78 Å². The van der Waals surface area contributed by atoms with Crippen LogP contribution in [0, 0.1) is 11.3 Å². The monoisotopic (exact) mass is 353 g/mol. The van der Waals surface area contributed by atoms with Gasteiger partial charge in [-0.1, -0.05) is 41.9 Å². The van der Waals surface area contributed by atoms with Gasteiger partial charge < -0.3 is 9.30 Å². The van der Waals surface area contributed by atoms with Crippen LogP contribution in [0.4, 0.5) is 0 Å². The number of ether oxygens (including phenoxy) is 1. The van der Waals surface area contributed by atoms with Gasteiger partial charge in [-0.3, -0.25) is 0 Å². The Hall–Kier alpha value is -2.84. The van der Waals surface area contributed by atoms with Gasteiger partial charge in [0.15, 0.2) is 0 Å². The van der Waals surface area contributed by atoms with Crippen molar-refractivity contribution in [2.24, 2.45) is 0 Å². The van der Waals surface area contributed by atoms with Crippen molar-refractivity contribution >= 4 is 28.6 Å². The fourth-order valence-corrected chi connectivity index (χ4v) is 3.03. The van der Waals surface area contributed by atoms with Gasteiger partial charge >= 0.3 is 5.97 Å². The summed E-state index contributed by atoms with van der Waals surface area (Å²) in [4.78, 5) is 16.3. The molecule has 25 heavy (non-hydrogen) atoms. The van der Waals surface area contributed by atoms with Crippen molar-refractivity contribution < 1.29 is 9.53 Å². The van der Waals surface area contributed by atoms with Gasteiger partial charge in [0, 0.05) is 18.9 Å². The molecule has 5 nitrogen and oxygen atoms in total. The summed E-state index contributed by atoms with van der Waals surface area (Å²) in [6.07, 6.45) is 3.93. The van der Waals surface area contributed by atoms with E-state index in [0.717, 1.165) is 6.42 Å². The molecule has 1 aromatic carbocycles. The van der Waals surface area contributed by atoms with E-state index in [1.165, 1.54) is 11.8 Å². The van der Waals surface area contributed by atoms with Crippen molar-refractivity contribution in [1.29, 1.82) is 5.26 Å². The van der Waals surface area contributed by atoms with Gasteiger partial charge in [-0.2, -0.15) is 5.26 Å². The molecule has 0 atom stereocenters. The Morgan fingerprint density at radius 1 is 1.36 bits per heavy atom. The second-order valence-corrected chi connectivity index (χ2v) is 5.87. The SMILES string of the molecule is CCOC(=O)c1cnc2c(c(C#N)cn2CCc2ccccc2)c1Cl. The molecule has 0 saturated heterocycles. The number of esters is 1. The minimum atomic E-state index is -0.539. The number of carbonyl (C=O) groups is 1. The van der Waals surface area contributed by atoms with E-state index in [2.05, 4.69) is 23.2 Å². The van der Waals surface area contributed by atoms with Crippen LogP contribution in [0.3, 0.4) is 0 Å². The molecule has 6 heteroatoms. The standard InChI is InChI=1S/C19H16ClN3O2/c1-2-25-19(24)15-11-22-18-16(17(15)20)14(10-21)12-23(18)9-8-13-6-4-3-5-7-13/h3-7,11-12H,2,8-9H2,1H3. The van der Waals surface area contributed by atoms with Crippen molar-refractivity contribution in [3.05, 3.63) is 64.4 Å². The highest BCUT2D eigenvalue weighted by atomic mass is 35.5. The lowest BCUT2D eigenvalue weighted by Crippen LogP contribution is -2.07. The molecule has 0 aliphatic heterocycles. The quantitative estimate of drug-likeness (QED) is 0.650. The molecule has 0 saturated carbocycles. The van der Waals surface area contributed by atoms with Crippen molar-refractivity contribution in [2.45, 2.75) is 19.9 Å². The lowest BCUT2D eigenvalue weighted by molar-refractivity contribution is 0.0526. The number of nitriles is 1. The first-order valence-corrected chi connectivity index (χ1v) is 8.32. The molecule has 0 spiro atoms. The molecule has 0 aliphatic rings. The number of aryl methyl sites for hydroxylation is 2. The summed E-state index contributed by atoms with van der Waals surface area (Å²) < 4.78 is 6.88. The van der Waals surface area contributed by atoms with E-state index in [9.17, 15) is 10.1 Å². The predicted octanol–water partition coefficient (Wildman–Crippen LogP) is 3.98.